The van der Waals surface area contributed by atoms with E-state index in [1.807, 2.05) is 26.1 Å². The number of methoxy groups -OCH3 is 1. The zero-order valence-corrected chi connectivity index (χ0v) is 19.7. The van der Waals surface area contributed by atoms with Gasteiger partial charge in [0.1, 0.15) is 0 Å². The van der Waals surface area contributed by atoms with E-state index >= 15 is 0 Å². The summed E-state index contributed by atoms with van der Waals surface area (Å²) in [5, 5.41) is 7.30. The van der Waals surface area contributed by atoms with Crippen molar-refractivity contribution in [3.05, 3.63) is 65.6 Å². The molecule has 1 aliphatic heterocycles. The summed E-state index contributed by atoms with van der Waals surface area (Å²) in [4.78, 5) is 19.4. The molecule has 1 amide bonds. The SMILES string of the molecule is CNC(=O)[C@@]1(Cc2ccc(-c3ccncc3)cc2)CN(Cc2c(C)nn(C)c2OC)CCO1. The van der Waals surface area contributed by atoms with Crippen molar-refractivity contribution < 1.29 is 14.3 Å². The van der Waals surface area contributed by atoms with Gasteiger partial charge in [0, 0.05) is 52.5 Å². The number of hydrogen-bond acceptors (Lipinski definition) is 6. The second-order valence-electron chi connectivity index (χ2n) is 8.44. The molecule has 8 nitrogen and oxygen atoms in total. The maximum absolute atomic E-state index is 13.1. The number of carbonyl (C=O) groups is 1. The number of amides is 1. The van der Waals surface area contributed by atoms with Gasteiger partial charge < -0.3 is 14.8 Å². The summed E-state index contributed by atoms with van der Waals surface area (Å²) in [6, 6.07) is 12.3. The van der Waals surface area contributed by atoms with Gasteiger partial charge in [-0.25, -0.2) is 4.68 Å². The van der Waals surface area contributed by atoms with Crippen LogP contribution in [0.5, 0.6) is 5.88 Å². The fourth-order valence-electron chi connectivity index (χ4n) is 4.57. The van der Waals surface area contributed by atoms with E-state index in [0.717, 1.165) is 40.4 Å². The van der Waals surface area contributed by atoms with E-state index < -0.39 is 5.60 Å². The Morgan fingerprint density at radius 1 is 1.18 bits per heavy atom. The molecule has 0 radical (unpaired) electrons. The highest BCUT2D eigenvalue weighted by Crippen LogP contribution is 2.29. The number of rotatable bonds is 7. The monoisotopic (exact) mass is 449 g/mol. The molecular formula is C25H31N5O3. The number of aromatic nitrogens is 3. The van der Waals surface area contributed by atoms with E-state index in [2.05, 4.69) is 44.6 Å². The van der Waals surface area contributed by atoms with Gasteiger partial charge in [-0.3, -0.25) is 14.7 Å². The Labute approximate surface area is 194 Å². The quantitative estimate of drug-likeness (QED) is 0.596. The lowest BCUT2D eigenvalue weighted by molar-refractivity contribution is -0.160. The van der Waals surface area contributed by atoms with Crippen LogP contribution in [0.3, 0.4) is 0 Å². The third-order valence-corrected chi connectivity index (χ3v) is 6.23. The number of benzene rings is 1. The predicted octanol–water partition coefficient (Wildman–Crippen LogP) is 2.36. The van der Waals surface area contributed by atoms with Crippen LogP contribution < -0.4 is 10.1 Å². The Kier molecular flexibility index (Phi) is 6.76. The van der Waals surface area contributed by atoms with Crippen LogP contribution in [0, 0.1) is 6.92 Å². The normalized spacial score (nSPS) is 18.8. The third-order valence-electron chi connectivity index (χ3n) is 6.23. The Balaban J connectivity index is 1.55. The largest absolute Gasteiger partial charge is 0.481 e. The number of carbonyl (C=O) groups excluding carboxylic acids is 1. The molecule has 1 N–H and O–H groups in total. The summed E-state index contributed by atoms with van der Waals surface area (Å²) in [5.74, 6) is 0.636. The molecule has 1 atom stereocenters. The molecule has 174 valence electrons. The van der Waals surface area contributed by atoms with Crippen LogP contribution in [0.1, 0.15) is 16.8 Å². The van der Waals surface area contributed by atoms with E-state index in [-0.39, 0.29) is 5.91 Å². The standard InChI is InChI=1S/C25H31N5O3/c1-18-22(23(32-4)29(3)28-18)16-30-13-14-33-25(17-30,24(31)26-2)15-19-5-7-20(8-6-19)21-9-11-27-12-10-21/h5-12H,13-17H2,1-4H3,(H,26,31)/t25-/m1/s1. The maximum Gasteiger partial charge on any atom is 0.253 e. The molecule has 2 aromatic heterocycles. The van der Waals surface area contributed by atoms with Crippen LogP contribution in [-0.4, -0.2) is 65.0 Å². The summed E-state index contributed by atoms with van der Waals surface area (Å²) in [7, 11) is 5.19. The van der Waals surface area contributed by atoms with Crippen LogP contribution >= 0.6 is 0 Å². The van der Waals surface area contributed by atoms with Gasteiger partial charge in [-0.05, 0) is 35.7 Å². The molecule has 0 bridgehead atoms. The molecule has 33 heavy (non-hydrogen) atoms. The number of aryl methyl sites for hydroxylation is 2. The van der Waals surface area contributed by atoms with Crippen molar-refractivity contribution in [2.45, 2.75) is 25.5 Å². The minimum atomic E-state index is -0.964. The van der Waals surface area contributed by atoms with Gasteiger partial charge in [0.15, 0.2) is 5.60 Å². The van der Waals surface area contributed by atoms with E-state index in [1.165, 1.54) is 0 Å². The van der Waals surface area contributed by atoms with Gasteiger partial charge in [0.05, 0.1) is 25.0 Å². The van der Waals surface area contributed by atoms with Crippen molar-refractivity contribution in [2.75, 3.05) is 33.9 Å². The van der Waals surface area contributed by atoms with Crippen molar-refractivity contribution in [3.63, 3.8) is 0 Å². The smallest absolute Gasteiger partial charge is 0.253 e. The summed E-state index contributed by atoms with van der Waals surface area (Å²) in [6.07, 6.45) is 4.06. The first-order valence-electron chi connectivity index (χ1n) is 11.1. The van der Waals surface area contributed by atoms with Crippen molar-refractivity contribution in [1.82, 2.24) is 25.0 Å². The lowest BCUT2D eigenvalue weighted by Gasteiger charge is -2.41. The van der Waals surface area contributed by atoms with E-state index in [1.54, 1.807) is 31.2 Å². The highest BCUT2D eigenvalue weighted by atomic mass is 16.5. The lowest BCUT2D eigenvalue weighted by atomic mass is 9.90. The number of morpholine rings is 1. The van der Waals surface area contributed by atoms with Crippen molar-refractivity contribution in [1.29, 1.82) is 0 Å². The first-order chi connectivity index (χ1) is 16.0. The molecule has 1 fully saturated rings. The van der Waals surface area contributed by atoms with Gasteiger partial charge >= 0.3 is 0 Å². The number of ether oxygens (including phenoxy) is 2. The molecule has 3 heterocycles. The predicted molar refractivity (Wildman–Crippen MR) is 126 cm³/mol. The van der Waals surface area contributed by atoms with Gasteiger partial charge in [0.25, 0.3) is 5.91 Å². The molecule has 0 spiro atoms. The highest BCUT2D eigenvalue weighted by molar-refractivity contribution is 5.86. The fraction of sp³-hybridized carbons (Fsp3) is 0.400. The number of nitrogens with zero attached hydrogens (tertiary/aromatic N) is 4. The number of pyridine rings is 1. The van der Waals surface area contributed by atoms with Crippen molar-refractivity contribution >= 4 is 5.91 Å². The van der Waals surface area contributed by atoms with Crippen LogP contribution in [-0.2, 0) is 29.5 Å². The molecule has 8 heteroatoms. The summed E-state index contributed by atoms with van der Waals surface area (Å²) in [5.41, 5.74) is 4.27. The second kappa shape index (κ2) is 9.72. The Bertz CT molecular complexity index is 1100. The first-order valence-corrected chi connectivity index (χ1v) is 11.1. The van der Waals surface area contributed by atoms with Gasteiger partial charge in [-0.15, -0.1) is 0 Å². The fourth-order valence-corrected chi connectivity index (χ4v) is 4.57. The molecule has 1 aliphatic rings. The molecule has 3 aromatic rings. The third kappa shape index (κ3) is 4.77. The minimum absolute atomic E-state index is 0.111. The molecule has 1 aromatic carbocycles. The van der Waals surface area contributed by atoms with Gasteiger partial charge in [-0.1, -0.05) is 24.3 Å². The zero-order valence-electron chi connectivity index (χ0n) is 19.7. The summed E-state index contributed by atoms with van der Waals surface area (Å²) >= 11 is 0. The van der Waals surface area contributed by atoms with Crippen LogP contribution in [0.25, 0.3) is 11.1 Å². The van der Waals surface area contributed by atoms with E-state index in [0.29, 0.717) is 26.1 Å². The molecule has 0 saturated carbocycles. The minimum Gasteiger partial charge on any atom is -0.481 e. The van der Waals surface area contributed by atoms with Crippen molar-refractivity contribution in [3.8, 4) is 17.0 Å². The zero-order chi connectivity index (χ0) is 23.4. The Morgan fingerprint density at radius 3 is 2.55 bits per heavy atom. The van der Waals surface area contributed by atoms with E-state index in [9.17, 15) is 4.79 Å². The van der Waals surface area contributed by atoms with Crippen LogP contribution in [0.4, 0.5) is 0 Å². The average Bonchev–Trinajstić information content (AvgIpc) is 3.11. The van der Waals surface area contributed by atoms with E-state index in [4.69, 9.17) is 9.47 Å². The van der Waals surface area contributed by atoms with Crippen LogP contribution in [0.2, 0.25) is 0 Å². The first kappa shape index (κ1) is 22.9. The number of likely N-dealkylation sites (N-methyl/N-ethyl adjacent to an activating group) is 1. The number of nitrogens with one attached hydrogen (secondary N) is 1. The Morgan fingerprint density at radius 2 is 1.88 bits per heavy atom. The van der Waals surface area contributed by atoms with Gasteiger partial charge in [-0.2, -0.15) is 5.10 Å². The average molecular weight is 450 g/mol. The summed E-state index contributed by atoms with van der Waals surface area (Å²) in [6.45, 7) is 4.32. The number of hydrogen-bond donors (Lipinski definition) is 1. The molecule has 0 unspecified atom stereocenters. The summed E-state index contributed by atoms with van der Waals surface area (Å²) < 4.78 is 13.5. The molecule has 4 rings (SSSR count). The molecular weight excluding hydrogens is 418 g/mol. The highest BCUT2D eigenvalue weighted by Gasteiger charge is 2.43. The van der Waals surface area contributed by atoms with Crippen LogP contribution in [0.15, 0.2) is 48.8 Å². The maximum atomic E-state index is 13.1. The second-order valence-corrected chi connectivity index (χ2v) is 8.44. The van der Waals surface area contributed by atoms with Gasteiger partial charge in [0.2, 0.25) is 5.88 Å². The Hall–Kier alpha value is -3.23. The molecule has 1 saturated heterocycles. The topological polar surface area (TPSA) is 81.5 Å². The van der Waals surface area contributed by atoms with Crippen molar-refractivity contribution in [2.24, 2.45) is 7.05 Å². The molecule has 0 aliphatic carbocycles. The lowest BCUT2D eigenvalue weighted by Crippen LogP contribution is -2.60.